The molecule has 5 heteroatoms. The second-order valence-electron chi connectivity index (χ2n) is 7.51. The van der Waals surface area contributed by atoms with Crippen molar-refractivity contribution in [1.82, 2.24) is 9.80 Å². The predicted octanol–water partition coefficient (Wildman–Crippen LogP) is 4.86. The van der Waals surface area contributed by atoms with Crippen LogP contribution >= 0.6 is 11.6 Å². The maximum Gasteiger partial charge on any atom is 0.415 e. The van der Waals surface area contributed by atoms with Crippen LogP contribution in [0.2, 0.25) is 5.02 Å². The number of likely N-dealkylation sites (tertiary alicyclic amines) is 1. The summed E-state index contributed by atoms with van der Waals surface area (Å²) in [6.45, 7) is 2.46. The van der Waals surface area contributed by atoms with E-state index in [1.807, 2.05) is 0 Å². The van der Waals surface area contributed by atoms with Crippen LogP contribution in [0, 0.1) is 5.92 Å². The van der Waals surface area contributed by atoms with Crippen molar-refractivity contribution in [1.29, 1.82) is 0 Å². The van der Waals surface area contributed by atoms with E-state index in [1.165, 1.54) is 11.1 Å². The Morgan fingerprint density at radius 1 is 1.04 bits per heavy atom. The van der Waals surface area contributed by atoms with Crippen molar-refractivity contribution in [3.63, 3.8) is 0 Å². The number of carbonyl (C=O) groups is 1. The summed E-state index contributed by atoms with van der Waals surface area (Å²) in [5.74, 6) is 1.15. The highest BCUT2D eigenvalue weighted by Gasteiger charge is 2.24. The summed E-state index contributed by atoms with van der Waals surface area (Å²) in [5.41, 5.74) is 2.71. The van der Waals surface area contributed by atoms with Crippen LogP contribution in [0.1, 0.15) is 24.0 Å². The van der Waals surface area contributed by atoms with Crippen molar-refractivity contribution >= 4 is 17.7 Å². The zero-order chi connectivity index (χ0) is 19.2. The Bertz CT molecular complexity index is 736. The molecule has 3 rings (SSSR count). The van der Waals surface area contributed by atoms with Crippen molar-refractivity contribution in [2.24, 2.45) is 5.92 Å². The van der Waals surface area contributed by atoms with Gasteiger partial charge in [-0.2, -0.15) is 0 Å². The molecule has 1 heterocycles. The van der Waals surface area contributed by atoms with E-state index in [-0.39, 0.29) is 6.09 Å². The van der Waals surface area contributed by atoms with Gasteiger partial charge < -0.3 is 14.5 Å². The molecule has 0 aromatic heterocycles. The summed E-state index contributed by atoms with van der Waals surface area (Å²) in [7, 11) is 4.17. The second kappa shape index (κ2) is 9.25. The maximum atomic E-state index is 12.3. The Balaban J connectivity index is 1.45. The van der Waals surface area contributed by atoms with Gasteiger partial charge in [-0.25, -0.2) is 4.79 Å². The Kier molecular flexibility index (Phi) is 6.75. The van der Waals surface area contributed by atoms with Gasteiger partial charge in [0.15, 0.2) is 0 Å². The number of hydrogen-bond donors (Lipinski definition) is 0. The molecular formula is C22H27ClN2O2. The summed E-state index contributed by atoms with van der Waals surface area (Å²) < 4.78 is 5.43. The minimum absolute atomic E-state index is 0.274. The number of piperidine rings is 1. The van der Waals surface area contributed by atoms with Crippen LogP contribution in [-0.2, 0) is 13.0 Å². The number of hydrogen-bond acceptors (Lipinski definition) is 3. The standard InChI is InChI=1S/C22H27ClN2O2/c1-24(2)16-19-5-3-17(4-6-19)15-18-11-13-25(14-12-18)22(26)27-21-9-7-20(23)8-10-21/h3-10,18H,11-16H2,1-2H3. The lowest BCUT2D eigenvalue weighted by Crippen LogP contribution is -2.40. The van der Waals surface area contributed by atoms with E-state index in [9.17, 15) is 4.79 Å². The first-order chi connectivity index (χ1) is 13.0. The van der Waals surface area contributed by atoms with Crippen LogP contribution in [0.5, 0.6) is 5.75 Å². The first-order valence-electron chi connectivity index (χ1n) is 9.44. The fourth-order valence-electron chi connectivity index (χ4n) is 3.47. The summed E-state index contributed by atoms with van der Waals surface area (Å²) in [4.78, 5) is 16.3. The van der Waals surface area contributed by atoms with Crippen molar-refractivity contribution in [2.75, 3.05) is 27.2 Å². The van der Waals surface area contributed by atoms with Gasteiger partial charge in [0.1, 0.15) is 5.75 Å². The molecule has 0 unspecified atom stereocenters. The highest BCUT2D eigenvalue weighted by Crippen LogP contribution is 2.23. The van der Waals surface area contributed by atoms with E-state index in [2.05, 4.69) is 43.3 Å². The normalized spacial score (nSPS) is 15.2. The number of carbonyl (C=O) groups excluding carboxylic acids is 1. The van der Waals surface area contributed by atoms with E-state index in [4.69, 9.17) is 16.3 Å². The van der Waals surface area contributed by atoms with Gasteiger partial charge in [-0.05, 0) is 74.7 Å². The highest BCUT2D eigenvalue weighted by molar-refractivity contribution is 6.30. The first kappa shape index (κ1) is 19.7. The molecule has 1 aliphatic rings. The smallest absolute Gasteiger partial charge is 0.410 e. The number of benzene rings is 2. The van der Waals surface area contributed by atoms with Crippen molar-refractivity contribution in [2.45, 2.75) is 25.8 Å². The molecule has 0 spiro atoms. The molecule has 0 aliphatic carbocycles. The van der Waals surface area contributed by atoms with E-state index in [1.54, 1.807) is 29.2 Å². The Hall–Kier alpha value is -2.04. The van der Waals surface area contributed by atoms with Gasteiger partial charge in [0.05, 0.1) is 0 Å². The number of amides is 1. The molecule has 0 saturated carbocycles. The maximum absolute atomic E-state index is 12.3. The molecule has 0 bridgehead atoms. The van der Waals surface area contributed by atoms with Gasteiger partial charge >= 0.3 is 6.09 Å². The number of ether oxygens (including phenoxy) is 1. The summed E-state index contributed by atoms with van der Waals surface area (Å²) in [5, 5.41) is 0.630. The molecule has 0 N–H and O–H groups in total. The fraction of sp³-hybridized carbons (Fsp3) is 0.409. The van der Waals surface area contributed by atoms with Gasteiger partial charge in [0.2, 0.25) is 0 Å². The predicted molar refractivity (Wildman–Crippen MR) is 109 cm³/mol. The van der Waals surface area contributed by atoms with Gasteiger partial charge in [-0.1, -0.05) is 35.9 Å². The second-order valence-corrected chi connectivity index (χ2v) is 7.95. The van der Waals surface area contributed by atoms with Gasteiger partial charge in [0.25, 0.3) is 0 Å². The average molecular weight is 387 g/mol. The molecule has 1 aliphatic heterocycles. The monoisotopic (exact) mass is 386 g/mol. The van der Waals surface area contributed by atoms with Crippen molar-refractivity contribution < 1.29 is 9.53 Å². The molecule has 4 nitrogen and oxygen atoms in total. The zero-order valence-electron chi connectivity index (χ0n) is 16.0. The summed E-state index contributed by atoms with van der Waals surface area (Å²) in [6, 6.07) is 15.8. The molecule has 0 radical (unpaired) electrons. The molecule has 1 saturated heterocycles. The number of rotatable bonds is 5. The van der Waals surface area contributed by atoms with E-state index in [0.29, 0.717) is 16.7 Å². The minimum atomic E-state index is -0.274. The lowest BCUT2D eigenvalue weighted by atomic mass is 9.90. The zero-order valence-corrected chi connectivity index (χ0v) is 16.8. The molecule has 2 aromatic carbocycles. The topological polar surface area (TPSA) is 32.8 Å². The molecule has 2 aromatic rings. The highest BCUT2D eigenvalue weighted by atomic mass is 35.5. The molecule has 1 fully saturated rings. The number of nitrogens with zero attached hydrogens (tertiary/aromatic N) is 2. The summed E-state index contributed by atoms with van der Waals surface area (Å²) in [6.07, 6.45) is 2.82. The molecule has 1 amide bonds. The Morgan fingerprint density at radius 2 is 1.63 bits per heavy atom. The first-order valence-corrected chi connectivity index (χ1v) is 9.82. The van der Waals surface area contributed by atoms with Crippen LogP contribution in [0.4, 0.5) is 4.79 Å². The quantitative estimate of drug-likeness (QED) is 0.736. The van der Waals surface area contributed by atoms with Crippen LogP contribution < -0.4 is 4.74 Å². The minimum Gasteiger partial charge on any atom is -0.410 e. The van der Waals surface area contributed by atoms with Crippen LogP contribution in [0.25, 0.3) is 0 Å². The third-order valence-corrected chi connectivity index (χ3v) is 5.19. The lowest BCUT2D eigenvalue weighted by molar-refractivity contribution is 0.131. The average Bonchev–Trinajstić information content (AvgIpc) is 2.65. The molecular weight excluding hydrogens is 360 g/mol. The largest absolute Gasteiger partial charge is 0.415 e. The van der Waals surface area contributed by atoms with Gasteiger partial charge in [0, 0.05) is 24.7 Å². The molecule has 27 heavy (non-hydrogen) atoms. The Morgan fingerprint density at radius 3 is 2.22 bits per heavy atom. The van der Waals surface area contributed by atoms with Gasteiger partial charge in [-0.15, -0.1) is 0 Å². The van der Waals surface area contributed by atoms with Crippen molar-refractivity contribution in [3.05, 3.63) is 64.7 Å². The van der Waals surface area contributed by atoms with E-state index in [0.717, 1.165) is 38.9 Å². The molecule has 144 valence electrons. The number of halogens is 1. The third kappa shape index (κ3) is 5.98. The summed E-state index contributed by atoms with van der Waals surface area (Å²) >= 11 is 5.86. The van der Waals surface area contributed by atoms with Crippen molar-refractivity contribution in [3.8, 4) is 5.75 Å². The van der Waals surface area contributed by atoms with Crippen LogP contribution in [-0.4, -0.2) is 43.1 Å². The van der Waals surface area contributed by atoms with Crippen LogP contribution in [0.3, 0.4) is 0 Å². The SMILES string of the molecule is CN(C)Cc1ccc(CC2CCN(C(=O)Oc3ccc(Cl)cc3)CC2)cc1. The fourth-order valence-corrected chi connectivity index (χ4v) is 3.59. The van der Waals surface area contributed by atoms with Crippen LogP contribution in [0.15, 0.2) is 48.5 Å². The lowest BCUT2D eigenvalue weighted by Gasteiger charge is -2.31. The van der Waals surface area contributed by atoms with E-state index < -0.39 is 0 Å². The third-order valence-electron chi connectivity index (χ3n) is 4.94. The van der Waals surface area contributed by atoms with E-state index >= 15 is 0 Å². The Labute approximate surface area is 166 Å². The molecule has 0 atom stereocenters. The van der Waals surface area contributed by atoms with Gasteiger partial charge in [-0.3, -0.25) is 0 Å².